The number of rotatable bonds is 6. The first-order chi connectivity index (χ1) is 12.9. The fraction of sp³-hybridized carbons (Fsp3) is 0.368. The first-order valence-corrected chi connectivity index (χ1v) is 9.92. The first-order valence-electron chi connectivity index (χ1n) is 8.51. The maximum atomic E-state index is 12.2. The van der Waals surface area contributed by atoms with E-state index < -0.39 is 41.3 Å². The van der Waals surface area contributed by atoms with Crippen LogP contribution in [0.25, 0.3) is 0 Å². The molecule has 4 atom stereocenters. The molecule has 0 bridgehead atoms. The minimum atomic E-state index is -4.02. The van der Waals surface area contributed by atoms with Crippen molar-refractivity contribution in [3.8, 4) is 0 Å². The van der Waals surface area contributed by atoms with Gasteiger partial charge in [-0.25, -0.2) is 0 Å². The average molecular weight is 394 g/mol. The topological polar surface area (TPSA) is 102 Å². The standard InChI is InChI=1S/C19H22O7S/c1-13-7-9-15(10-8-13)27(22,23)25-12-17(21)18-16(20)11-24-19(26-18)14-5-3-2-4-6-14/h2-10,16-21H,11-12H2,1H3/t16?,17-,18?,19?/m1/s1. The molecule has 0 spiro atoms. The number of aliphatic hydroxyl groups is 2. The molecule has 1 aliphatic heterocycles. The Morgan fingerprint density at radius 2 is 1.81 bits per heavy atom. The van der Waals surface area contributed by atoms with E-state index in [4.69, 9.17) is 13.7 Å². The summed E-state index contributed by atoms with van der Waals surface area (Å²) in [5.74, 6) is 0. The highest BCUT2D eigenvalue weighted by atomic mass is 32.2. The van der Waals surface area contributed by atoms with Crippen molar-refractivity contribution in [1.29, 1.82) is 0 Å². The summed E-state index contributed by atoms with van der Waals surface area (Å²) in [6.07, 6.45) is -4.26. The number of ether oxygens (including phenoxy) is 2. The third-order valence-corrected chi connectivity index (χ3v) is 5.53. The van der Waals surface area contributed by atoms with Gasteiger partial charge < -0.3 is 19.7 Å². The van der Waals surface area contributed by atoms with E-state index in [0.717, 1.165) is 11.1 Å². The van der Waals surface area contributed by atoms with Crippen molar-refractivity contribution in [2.45, 2.75) is 36.4 Å². The van der Waals surface area contributed by atoms with Gasteiger partial charge in [0.2, 0.25) is 0 Å². The Bertz CT molecular complexity index is 836. The van der Waals surface area contributed by atoms with E-state index >= 15 is 0 Å². The van der Waals surface area contributed by atoms with Crippen LogP contribution in [0.4, 0.5) is 0 Å². The smallest absolute Gasteiger partial charge is 0.297 e. The maximum Gasteiger partial charge on any atom is 0.297 e. The molecule has 2 N–H and O–H groups in total. The molecule has 146 valence electrons. The zero-order valence-corrected chi connectivity index (χ0v) is 15.6. The Balaban J connectivity index is 1.64. The quantitative estimate of drug-likeness (QED) is 0.717. The van der Waals surface area contributed by atoms with Crippen LogP contribution in [0.2, 0.25) is 0 Å². The summed E-state index contributed by atoms with van der Waals surface area (Å²) in [5, 5.41) is 20.4. The van der Waals surface area contributed by atoms with Gasteiger partial charge in [-0.3, -0.25) is 4.18 Å². The van der Waals surface area contributed by atoms with E-state index in [9.17, 15) is 18.6 Å². The summed E-state index contributed by atoms with van der Waals surface area (Å²) in [5.41, 5.74) is 1.65. The van der Waals surface area contributed by atoms with Gasteiger partial charge in [0, 0.05) is 5.56 Å². The SMILES string of the molecule is Cc1ccc(S(=O)(=O)OC[C@@H](O)C2OC(c3ccccc3)OCC2O)cc1. The highest BCUT2D eigenvalue weighted by Crippen LogP contribution is 2.28. The normalized spacial score (nSPS) is 24.5. The van der Waals surface area contributed by atoms with E-state index in [0.29, 0.717) is 0 Å². The van der Waals surface area contributed by atoms with Crippen molar-refractivity contribution in [2.75, 3.05) is 13.2 Å². The molecule has 0 radical (unpaired) electrons. The molecule has 1 aliphatic rings. The van der Waals surface area contributed by atoms with Crippen molar-refractivity contribution < 1.29 is 32.3 Å². The lowest BCUT2D eigenvalue weighted by atomic mass is 10.1. The summed E-state index contributed by atoms with van der Waals surface area (Å²) < 4.78 is 40.5. The number of aliphatic hydroxyl groups excluding tert-OH is 2. The van der Waals surface area contributed by atoms with Crippen molar-refractivity contribution in [3.05, 3.63) is 65.7 Å². The van der Waals surface area contributed by atoms with Gasteiger partial charge >= 0.3 is 0 Å². The van der Waals surface area contributed by atoms with Gasteiger partial charge in [0.25, 0.3) is 10.1 Å². The third-order valence-electron chi connectivity index (χ3n) is 4.23. The molecule has 0 aliphatic carbocycles. The van der Waals surface area contributed by atoms with Gasteiger partial charge in [0.05, 0.1) is 18.1 Å². The maximum absolute atomic E-state index is 12.2. The number of benzene rings is 2. The Labute approximate surface area is 158 Å². The second-order valence-corrected chi connectivity index (χ2v) is 7.98. The molecule has 27 heavy (non-hydrogen) atoms. The van der Waals surface area contributed by atoms with Crippen LogP contribution in [0.3, 0.4) is 0 Å². The predicted octanol–water partition coefficient (Wildman–Crippen LogP) is 1.54. The zero-order chi connectivity index (χ0) is 19.4. The van der Waals surface area contributed by atoms with E-state index in [-0.39, 0.29) is 11.5 Å². The van der Waals surface area contributed by atoms with Gasteiger partial charge in [0.1, 0.15) is 18.3 Å². The first kappa shape index (κ1) is 19.9. The van der Waals surface area contributed by atoms with E-state index in [2.05, 4.69) is 0 Å². The lowest BCUT2D eigenvalue weighted by molar-refractivity contribution is -0.277. The minimum absolute atomic E-state index is 0.00379. The van der Waals surface area contributed by atoms with Crippen LogP contribution in [0.5, 0.6) is 0 Å². The molecule has 8 heteroatoms. The molecule has 1 fully saturated rings. The lowest BCUT2D eigenvalue weighted by Crippen LogP contribution is -2.49. The second kappa shape index (κ2) is 8.47. The van der Waals surface area contributed by atoms with E-state index in [1.54, 1.807) is 24.3 Å². The second-order valence-electron chi connectivity index (χ2n) is 6.36. The molecule has 0 amide bonds. The molecule has 0 saturated carbocycles. The Morgan fingerprint density at radius 3 is 2.48 bits per heavy atom. The molecule has 2 aromatic rings. The van der Waals surface area contributed by atoms with Crippen molar-refractivity contribution in [3.63, 3.8) is 0 Å². The molecular formula is C19H22O7S. The lowest BCUT2D eigenvalue weighted by Gasteiger charge is -2.36. The van der Waals surface area contributed by atoms with Crippen LogP contribution >= 0.6 is 0 Å². The van der Waals surface area contributed by atoms with Crippen LogP contribution in [0.15, 0.2) is 59.5 Å². The number of hydrogen-bond acceptors (Lipinski definition) is 7. The highest BCUT2D eigenvalue weighted by Gasteiger charge is 2.37. The largest absolute Gasteiger partial charge is 0.388 e. The third kappa shape index (κ3) is 4.92. The molecule has 0 aromatic heterocycles. The molecular weight excluding hydrogens is 372 g/mol. The van der Waals surface area contributed by atoms with Crippen LogP contribution in [0, 0.1) is 6.92 Å². The van der Waals surface area contributed by atoms with Crippen molar-refractivity contribution in [1.82, 2.24) is 0 Å². The van der Waals surface area contributed by atoms with E-state index in [1.807, 2.05) is 25.1 Å². The van der Waals surface area contributed by atoms with Gasteiger partial charge in [0.15, 0.2) is 6.29 Å². The van der Waals surface area contributed by atoms with Crippen LogP contribution < -0.4 is 0 Å². The fourth-order valence-electron chi connectivity index (χ4n) is 2.71. The van der Waals surface area contributed by atoms with Crippen molar-refractivity contribution in [2.24, 2.45) is 0 Å². The highest BCUT2D eigenvalue weighted by molar-refractivity contribution is 7.86. The zero-order valence-electron chi connectivity index (χ0n) is 14.8. The van der Waals surface area contributed by atoms with Crippen molar-refractivity contribution >= 4 is 10.1 Å². The summed E-state index contributed by atoms with van der Waals surface area (Å²) in [4.78, 5) is -0.00379. The van der Waals surface area contributed by atoms with Gasteiger partial charge in [-0.1, -0.05) is 48.0 Å². The predicted molar refractivity (Wildman–Crippen MR) is 96.3 cm³/mol. The number of hydrogen-bond donors (Lipinski definition) is 2. The molecule has 7 nitrogen and oxygen atoms in total. The molecule has 1 heterocycles. The monoisotopic (exact) mass is 394 g/mol. The Hall–Kier alpha value is -1.81. The van der Waals surface area contributed by atoms with Crippen LogP contribution in [-0.2, 0) is 23.8 Å². The minimum Gasteiger partial charge on any atom is -0.388 e. The number of aryl methyl sites for hydroxylation is 1. The van der Waals surface area contributed by atoms with Gasteiger partial charge in [-0.15, -0.1) is 0 Å². The Kier molecular flexibility index (Phi) is 6.25. The summed E-state index contributed by atoms with van der Waals surface area (Å²) >= 11 is 0. The molecule has 2 aromatic carbocycles. The summed E-state index contributed by atoms with van der Waals surface area (Å²) in [6.45, 7) is 1.25. The summed E-state index contributed by atoms with van der Waals surface area (Å²) in [6, 6.07) is 15.2. The molecule has 3 rings (SSSR count). The van der Waals surface area contributed by atoms with Gasteiger partial charge in [-0.2, -0.15) is 8.42 Å². The molecule has 1 saturated heterocycles. The average Bonchev–Trinajstić information content (AvgIpc) is 2.67. The van der Waals surface area contributed by atoms with E-state index in [1.165, 1.54) is 12.1 Å². The summed E-state index contributed by atoms with van der Waals surface area (Å²) in [7, 11) is -4.02. The van der Waals surface area contributed by atoms with Crippen LogP contribution in [0.1, 0.15) is 17.4 Å². The van der Waals surface area contributed by atoms with Crippen LogP contribution in [-0.4, -0.2) is 50.2 Å². The Morgan fingerprint density at radius 1 is 1.15 bits per heavy atom. The van der Waals surface area contributed by atoms with Gasteiger partial charge in [-0.05, 0) is 19.1 Å². The fourth-order valence-corrected chi connectivity index (χ4v) is 3.64. The molecule has 3 unspecified atom stereocenters.